The van der Waals surface area contributed by atoms with Crippen molar-refractivity contribution in [2.45, 2.75) is 31.3 Å². The fourth-order valence-electron chi connectivity index (χ4n) is 2.01. The predicted molar refractivity (Wildman–Crippen MR) is 72.0 cm³/mol. The maximum Gasteiger partial charge on any atom is 0.250 e. The van der Waals surface area contributed by atoms with Crippen molar-refractivity contribution in [2.24, 2.45) is 5.73 Å². The number of amides is 1. The van der Waals surface area contributed by atoms with E-state index >= 15 is 0 Å². The van der Waals surface area contributed by atoms with Gasteiger partial charge in [-0.25, -0.2) is 0 Å². The van der Waals surface area contributed by atoms with Crippen molar-refractivity contribution in [3.05, 3.63) is 28.7 Å². The second-order valence-electron chi connectivity index (χ2n) is 4.91. The van der Waals surface area contributed by atoms with Crippen LogP contribution in [0.1, 0.15) is 19.3 Å². The number of rotatable bonds is 5. The van der Waals surface area contributed by atoms with Gasteiger partial charge >= 0.3 is 0 Å². The largest absolute Gasteiger partial charge is 0.383 e. The van der Waals surface area contributed by atoms with Gasteiger partial charge < -0.3 is 20.4 Å². The van der Waals surface area contributed by atoms with E-state index < -0.39 is 5.54 Å². The maximum atomic E-state index is 12.0. The highest BCUT2D eigenvalue weighted by molar-refractivity contribution is 5.98. The molecule has 1 fully saturated rings. The van der Waals surface area contributed by atoms with Gasteiger partial charge in [-0.1, -0.05) is 0 Å². The topological polar surface area (TPSA) is 86.3 Å². The van der Waals surface area contributed by atoms with Gasteiger partial charge in [0.15, 0.2) is 0 Å². The number of anilines is 1. The maximum absolute atomic E-state index is 12.0. The molecule has 0 bridgehead atoms. The summed E-state index contributed by atoms with van der Waals surface area (Å²) < 4.78 is 6.44. The van der Waals surface area contributed by atoms with E-state index in [1.165, 1.54) is 10.6 Å². The molecule has 0 atom stereocenters. The van der Waals surface area contributed by atoms with E-state index in [0.29, 0.717) is 31.7 Å². The predicted octanol–water partition coefficient (Wildman–Crippen LogP) is 0.315. The molecule has 3 N–H and O–H groups in total. The Hall–Kier alpha value is -1.66. The molecule has 1 amide bonds. The van der Waals surface area contributed by atoms with Crippen molar-refractivity contribution in [3.63, 3.8) is 0 Å². The van der Waals surface area contributed by atoms with Crippen LogP contribution in [0.2, 0.25) is 0 Å². The molecule has 2 rings (SSSR count). The Morgan fingerprint density at radius 1 is 1.53 bits per heavy atom. The van der Waals surface area contributed by atoms with E-state index in [1.54, 1.807) is 19.4 Å². The van der Waals surface area contributed by atoms with Crippen LogP contribution < -0.4 is 16.6 Å². The molecule has 0 unspecified atom stereocenters. The average Bonchev–Trinajstić information content (AvgIpc) is 2.36. The van der Waals surface area contributed by atoms with Crippen LogP contribution in [0.3, 0.4) is 0 Å². The van der Waals surface area contributed by atoms with E-state index in [-0.39, 0.29) is 11.5 Å². The van der Waals surface area contributed by atoms with Crippen molar-refractivity contribution in [1.82, 2.24) is 4.57 Å². The van der Waals surface area contributed by atoms with Crippen LogP contribution in [-0.4, -0.2) is 29.7 Å². The van der Waals surface area contributed by atoms with Gasteiger partial charge in [-0.15, -0.1) is 0 Å². The Bertz CT molecular complexity index is 520. The number of hydrogen-bond donors (Lipinski definition) is 2. The van der Waals surface area contributed by atoms with Crippen LogP contribution in [0.5, 0.6) is 0 Å². The summed E-state index contributed by atoms with van der Waals surface area (Å²) in [6, 6.07) is 3.01. The molecular formula is C13H19N3O3. The first-order valence-corrected chi connectivity index (χ1v) is 6.35. The standard InChI is InChI=1S/C13H19N3O3/c1-19-8-7-16-9-10(3-4-11(16)17)15-12(18)13(14)5-2-6-13/h3-4,9H,2,5-8,14H2,1H3,(H,15,18). The second-order valence-corrected chi connectivity index (χ2v) is 4.91. The number of nitrogens with zero attached hydrogens (tertiary/aromatic N) is 1. The summed E-state index contributed by atoms with van der Waals surface area (Å²) in [7, 11) is 1.57. The number of carbonyl (C=O) groups is 1. The molecule has 1 aliphatic carbocycles. The molecule has 6 heteroatoms. The number of aromatic nitrogens is 1. The molecule has 1 aromatic rings. The third kappa shape index (κ3) is 3.02. The van der Waals surface area contributed by atoms with E-state index in [9.17, 15) is 9.59 Å². The molecule has 1 aliphatic rings. The van der Waals surface area contributed by atoms with Crippen molar-refractivity contribution in [1.29, 1.82) is 0 Å². The van der Waals surface area contributed by atoms with Gasteiger partial charge in [0.2, 0.25) is 5.91 Å². The molecule has 0 aliphatic heterocycles. The minimum Gasteiger partial charge on any atom is -0.383 e. The minimum atomic E-state index is -0.743. The SMILES string of the molecule is COCCn1cc(NC(=O)C2(N)CCC2)ccc1=O. The number of nitrogens with one attached hydrogen (secondary N) is 1. The number of nitrogens with two attached hydrogens (primary N) is 1. The average molecular weight is 265 g/mol. The highest BCUT2D eigenvalue weighted by Gasteiger charge is 2.40. The van der Waals surface area contributed by atoms with Gasteiger partial charge in [0.1, 0.15) is 0 Å². The molecule has 6 nitrogen and oxygen atoms in total. The zero-order valence-electron chi connectivity index (χ0n) is 11.0. The normalized spacial score (nSPS) is 16.7. The van der Waals surface area contributed by atoms with Crippen LogP contribution in [0.25, 0.3) is 0 Å². The molecular weight excluding hydrogens is 246 g/mol. The van der Waals surface area contributed by atoms with Crippen LogP contribution in [-0.2, 0) is 16.1 Å². The number of carbonyl (C=O) groups excluding carboxylic acids is 1. The minimum absolute atomic E-state index is 0.124. The first kappa shape index (κ1) is 13.8. The summed E-state index contributed by atoms with van der Waals surface area (Å²) in [6.07, 6.45) is 4.02. The first-order chi connectivity index (χ1) is 9.05. The van der Waals surface area contributed by atoms with Crippen LogP contribution in [0.4, 0.5) is 5.69 Å². The molecule has 19 heavy (non-hydrogen) atoms. The van der Waals surface area contributed by atoms with Crippen molar-refractivity contribution in [2.75, 3.05) is 19.0 Å². The molecule has 0 saturated heterocycles. The summed E-state index contributed by atoms with van der Waals surface area (Å²) in [6.45, 7) is 0.894. The van der Waals surface area contributed by atoms with Gasteiger partial charge in [-0.05, 0) is 25.3 Å². The highest BCUT2D eigenvalue weighted by atomic mass is 16.5. The van der Waals surface area contributed by atoms with Crippen molar-refractivity contribution >= 4 is 11.6 Å². The smallest absolute Gasteiger partial charge is 0.250 e. The van der Waals surface area contributed by atoms with Crippen LogP contribution in [0, 0.1) is 0 Å². The molecule has 1 aromatic heterocycles. The van der Waals surface area contributed by atoms with Crippen LogP contribution >= 0.6 is 0 Å². The Balaban J connectivity index is 2.08. The number of pyridine rings is 1. The summed E-state index contributed by atoms with van der Waals surface area (Å²) in [5.74, 6) is -0.185. The second kappa shape index (κ2) is 5.54. The molecule has 104 valence electrons. The van der Waals surface area contributed by atoms with E-state index in [1.807, 2.05) is 0 Å². The van der Waals surface area contributed by atoms with Crippen molar-refractivity contribution < 1.29 is 9.53 Å². The Morgan fingerprint density at radius 3 is 2.84 bits per heavy atom. The quantitative estimate of drug-likeness (QED) is 0.802. The fourth-order valence-corrected chi connectivity index (χ4v) is 2.01. The third-order valence-corrected chi connectivity index (χ3v) is 3.48. The molecule has 1 saturated carbocycles. The molecule has 0 spiro atoms. The Morgan fingerprint density at radius 2 is 2.26 bits per heavy atom. The third-order valence-electron chi connectivity index (χ3n) is 3.48. The molecule has 0 aromatic carbocycles. The Labute approximate surface area is 111 Å². The number of methoxy groups -OCH3 is 1. The monoisotopic (exact) mass is 265 g/mol. The lowest BCUT2D eigenvalue weighted by Gasteiger charge is -2.36. The lowest BCUT2D eigenvalue weighted by molar-refractivity contribution is -0.123. The summed E-state index contributed by atoms with van der Waals surface area (Å²) in [5, 5.41) is 2.76. The van der Waals surface area contributed by atoms with Gasteiger partial charge in [-0.3, -0.25) is 9.59 Å². The summed E-state index contributed by atoms with van der Waals surface area (Å²) >= 11 is 0. The van der Waals surface area contributed by atoms with Crippen molar-refractivity contribution in [3.8, 4) is 0 Å². The number of ether oxygens (including phenoxy) is 1. The summed E-state index contributed by atoms with van der Waals surface area (Å²) in [4.78, 5) is 23.6. The Kier molecular flexibility index (Phi) is 4.01. The van der Waals surface area contributed by atoms with E-state index in [0.717, 1.165) is 6.42 Å². The van der Waals surface area contributed by atoms with E-state index in [4.69, 9.17) is 10.5 Å². The van der Waals surface area contributed by atoms with Crippen LogP contribution in [0.15, 0.2) is 23.1 Å². The van der Waals surface area contributed by atoms with Gasteiger partial charge in [0, 0.05) is 25.9 Å². The first-order valence-electron chi connectivity index (χ1n) is 6.35. The van der Waals surface area contributed by atoms with Gasteiger partial charge in [0.25, 0.3) is 5.56 Å². The van der Waals surface area contributed by atoms with Gasteiger partial charge in [-0.2, -0.15) is 0 Å². The lowest BCUT2D eigenvalue weighted by atomic mass is 9.77. The fraction of sp³-hybridized carbons (Fsp3) is 0.538. The zero-order valence-corrected chi connectivity index (χ0v) is 11.0. The zero-order chi connectivity index (χ0) is 13.9. The number of hydrogen-bond acceptors (Lipinski definition) is 4. The lowest BCUT2D eigenvalue weighted by Crippen LogP contribution is -2.56. The van der Waals surface area contributed by atoms with E-state index in [2.05, 4.69) is 5.32 Å². The summed E-state index contributed by atoms with van der Waals surface area (Å²) in [5.41, 5.74) is 5.66. The highest BCUT2D eigenvalue weighted by Crippen LogP contribution is 2.30. The van der Waals surface area contributed by atoms with Gasteiger partial charge in [0.05, 0.1) is 17.8 Å². The molecule has 1 heterocycles. The molecule has 0 radical (unpaired) electrons.